The van der Waals surface area contributed by atoms with Gasteiger partial charge in [0.15, 0.2) is 0 Å². The predicted molar refractivity (Wildman–Crippen MR) is 288 cm³/mol. The van der Waals surface area contributed by atoms with E-state index >= 15 is 0 Å². The van der Waals surface area contributed by atoms with Crippen molar-refractivity contribution in [1.29, 1.82) is 0 Å². The third-order valence-electron chi connectivity index (χ3n) is 13.2. The number of para-hydroxylation sites is 4. The van der Waals surface area contributed by atoms with Crippen LogP contribution in [-0.4, -0.2) is 4.57 Å². The normalized spacial score (nSPS) is 11.2. The molecule has 2 heteroatoms. The highest BCUT2D eigenvalue weighted by molar-refractivity contribution is 6.10. The first-order valence-corrected chi connectivity index (χ1v) is 23.3. The highest BCUT2D eigenvalue weighted by Gasteiger charge is 2.22. The zero-order chi connectivity index (χ0) is 45.2. The fraction of sp³-hybridized carbons (Fsp3) is 0. The first kappa shape index (κ1) is 40.5. The number of hydrogen-bond acceptors (Lipinski definition) is 1. The Bertz CT molecular complexity index is 3610. The molecule has 0 spiro atoms. The molecule has 0 radical (unpaired) electrons. The van der Waals surface area contributed by atoms with Crippen molar-refractivity contribution in [2.45, 2.75) is 0 Å². The molecule has 0 atom stereocenters. The second kappa shape index (κ2) is 17.8. The highest BCUT2D eigenvalue weighted by atomic mass is 15.1. The van der Waals surface area contributed by atoms with Gasteiger partial charge in [-0.2, -0.15) is 0 Å². The highest BCUT2D eigenvalue weighted by Crippen LogP contribution is 2.47. The lowest BCUT2D eigenvalue weighted by molar-refractivity contribution is 1.18. The van der Waals surface area contributed by atoms with E-state index in [9.17, 15) is 0 Å². The summed E-state index contributed by atoms with van der Waals surface area (Å²) in [5.74, 6) is 0. The fourth-order valence-corrected chi connectivity index (χ4v) is 10.1. The molecule has 0 aliphatic heterocycles. The Kier molecular flexibility index (Phi) is 10.6. The van der Waals surface area contributed by atoms with Crippen LogP contribution < -0.4 is 4.90 Å². The minimum atomic E-state index is 1.06. The van der Waals surface area contributed by atoms with E-state index in [-0.39, 0.29) is 0 Å². The van der Waals surface area contributed by atoms with Gasteiger partial charge in [-0.1, -0.05) is 224 Å². The van der Waals surface area contributed by atoms with Crippen molar-refractivity contribution in [3.63, 3.8) is 0 Å². The van der Waals surface area contributed by atoms with Gasteiger partial charge >= 0.3 is 0 Å². The second-order valence-electron chi connectivity index (χ2n) is 17.2. The van der Waals surface area contributed by atoms with Crippen LogP contribution in [0.3, 0.4) is 0 Å². The van der Waals surface area contributed by atoms with E-state index in [1.807, 2.05) is 0 Å². The van der Waals surface area contributed by atoms with Crippen LogP contribution in [0.5, 0.6) is 0 Å². The van der Waals surface area contributed by atoms with Crippen LogP contribution in [-0.2, 0) is 0 Å². The molecule has 320 valence electrons. The maximum Gasteiger partial charge on any atom is 0.0541 e. The van der Waals surface area contributed by atoms with Crippen molar-refractivity contribution in [3.8, 4) is 72.4 Å². The van der Waals surface area contributed by atoms with Gasteiger partial charge in [-0.15, -0.1) is 0 Å². The molecular weight excluding hydrogens is 821 g/mol. The number of nitrogens with zero attached hydrogens (tertiary/aromatic N) is 2. The summed E-state index contributed by atoms with van der Waals surface area (Å²) in [6, 6.07) is 101. The maximum absolute atomic E-state index is 2.46. The van der Waals surface area contributed by atoms with E-state index in [0.717, 1.165) is 50.6 Å². The fourth-order valence-electron chi connectivity index (χ4n) is 10.1. The van der Waals surface area contributed by atoms with E-state index in [1.165, 1.54) is 60.8 Å². The summed E-state index contributed by atoms with van der Waals surface area (Å²) in [4.78, 5) is 2.46. The molecule has 0 aliphatic rings. The molecule has 0 saturated carbocycles. The van der Waals surface area contributed by atoms with Gasteiger partial charge in [-0.25, -0.2) is 0 Å². The summed E-state index contributed by atoms with van der Waals surface area (Å²) in [7, 11) is 0. The summed E-state index contributed by atoms with van der Waals surface area (Å²) in [6.07, 6.45) is 0. The predicted octanol–water partition coefficient (Wildman–Crippen LogP) is 18.3. The molecule has 0 fully saturated rings. The Morgan fingerprint density at radius 3 is 1.21 bits per heavy atom. The summed E-state index contributed by atoms with van der Waals surface area (Å²) < 4.78 is 2.42. The van der Waals surface area contributed by atoms with E-state index < -0.39 is 0 Å². The number of anilines is 3. The zero-order valence-electron chi connectivity index (χ0n) is 37.5. The molecule has 11 aromatic carbocycles. The lowest BCUT2D eigenvalue weighted by atomic mass is 9.88. The zero-order valence-corrected chi connectivity index (χ0v) is 37.5. The van der Waals surface area contributed by atoms with Gasteiger partial charge in [-0.3, -0.25) is 0 Å². The lowest BCUT2D eigenvalue weighted by Gasteiger charge is -2.30. The molecule has 0 aliphatic carbocycles. The summed E-state index contributed by atoms with van der Waals surface area (Å²) in [6.45, 7) is 0. The molecule has 0 unspecified atom stereocenters. The van der Waals surface area contributed by atoms with Gasteiger partial charge in [0.1, 0.15) is 0 Å². The standard InChI is InChI=1S/C66H46N2/c1-4-22-47(23-5-1)51-44-52(48-24-6-2-7-25-48)46-54(45-51)67(64-37-19-15-33-60(64)59-32-13-12-31-58(59)57-30-11-10-28-55(57)49-26-8-3-9-27-49)53-42-40-50(41-43-53)56-29-14-18-36-63(56)68-65-38-20-16-34-61(65)62-35-17-21-39-66(62)68/h1-46H. The number of aromatic nitrogens is 1. The third kappa shape index (κ3) is 7.45. The Morgan fingerprint density at radius 1 is 0.235 bits per heavy atom. The monoisotopic (exact) mass is 866 g/mol. The van der Waals surface area contributed by atoms with Crippen molar-refractivity contribution in [1.82, 2.24) is 4.57 Å². The first-order chi connectivity index (χ1) is 33.8. The second-order valence-corrected chi connectivity index (χ2v) is 17.2. The largest absolute Gasteiger partial charge is 0.310 e. The van der Waals surface area contributed by atoms with Crippen molar-refractivity contribution in [3.05, 3.63) is 279 Å². The molecular formula is C66H46N2. The van der Waals surface area contributed by atoms with Gasteiger partial charge < -0.3 is 9.47 Å². The van der Waals surface area contributed by atoms with Crippen LogP contribution in [0.4, 0.5) is 17.1 Å². The minimum Gasteiger partial charge on any atom is -0.310 e. The smallest absolute Gasteiger partial charge is 0.0541 e. The van der Waals surface area contributed by atoms with Crippen LogP contribution >= 0.6 is 0 Å². The van der Waals surface area contributed by atoms with Crippen molar-refractivity contribution >= 4 is 38.9 Å². The average molecular weight is 867 g/mol. The van der Waals surface area contributed by atoms with Crippen LogP contribution in [0.25, 0.3) is 94.3 Å². The quantitative estimate of drug-likeness (QED) is 0.133. The van der Waals surface area contributed by atoms with Crippen molar-refractivity contribution < 1.29 is 0 Å². The molecule has 1 aromatic heterocycles. The Morgan fingerprint density at radius 2 is 0.632 bits per heavy atom. The molecule has 0 saturated heterocycles. The van der Waals surface area contributed by atoms with E-state index in [1.54, 1.807) is 0 Å². The van der Waals surface area contributed by atoms with Crippen LogP contribution in [0.1, 0.15) is 0 Å². The van der Waals surface area contributed by atoms with Crippen molar-refractivity contribution in [2.24, 2.45) is 0 Å². The Labute approximate surface area is 397 Å². The minimum absolute atomic E-state index is 1.06. The maximum atomic E-state index is 2.46. The van der Waals surface area contributed by atoms with Crippen LogP contribution in [0.15, 0.2) is 279 Å². The van der Waals surface area contributed by atoms with Crippen LogP contribution in [0, 0.1) is 0 Å². The molecule has 12 rings (SSSR count). The average Bonchev–Trinajstić information content (AvgIpc) is 3.76. The number of rotatable bonds is 10. The molecule has 1 heterocycles. The van der Waals surface area contributed by atoms with Gasteiger partial charge in [0, 0.05) is 33.3 Å². The topological polar surface area (TPSA) is 8.17 Å². The van der Waals surface area contributed by atoms with Crippen LogP contribution in [0.2, 0.25) is 0 Å². The van der Waals surface area contributed by atoms with E-state index in [0.29, 0.717) is 0 Å². The van der Waals surface area contributed by atoms with Gasteiger partial charge in [0.05, 0.1) is 22.4 Å². The molecule has 12 aromatic rings. The lowest BCUT2D eigenvalue weighted by Crippen LogP contribution is -2.12. The SMILES string of the molecule is c1ccc(-c2cc(-c3ccccc3)cc(N(c3ccc(-c4ccccc4-n4c5ccccc5c5ccccc54)cc3)c3ccccc3-c3ccccc3-c3ccccc3-c3ccccc3)c2)cc1. The van der Waals surface area contributed by atoms with E-state index in [4.69, 9.17) is 0 Å². The number of benzene rings is 11. The van der Waals surface area contributed by atoms with Gasteiger partial charge in [-0.05, 0) is 110 Å². The molecule has 68 heavy (non-hydrogen) atoms. The summed E-state index contributed by atoms with van der Waals surface area (Å²) in [5, 5.41) is 2.50. The van der Waals surface area contributed by atoms with Gasteiger partial charge in [0.2, 0.25) is 0 Å². The van der Waals surface area contributed by atoms with Gasteiger partial charge in [0.25, 0.3) is 0 Å². The Balaban J connectivity index is 1.06. The summed E-state index contributed by atoms with van der Waals surface area (Å²) >= 11 is 0. The number of fused-ring (bicyclic) bond motifs is 3. The summed E-state index contributed by atoms with van der Waals surface area (Å²) in [5.41, 5.74) is 20.8. The van der Waals surface area contributed by atoms with Crippen molar-refractivity contribution in [2.75, 3.05) is 4.90 Å². The molecule has 0 amide bonds. The molecule has 0 N–H and O–H groups in total. The molecule has 2 nitrogen and oxygen atoms in total. The number of hydrogen-bond donors (Lipinski definition) is 0. The third-order valence-corrected chi connectivity index (χ3v) is 13.2. The Hall–Kier alpha value is -8.98. The van der Waals surface area contributed by atoms with E-state index in [2.05, 4.69) is 289 Å². The first-order valence-electron chi connectivity index (χ1n) is 23.3. The molecule has 0 bridgehead atoms.